The second-order valence-corrected chi connectivity index (χ2v) is 7.95. The maximum absolute atomic E-state index is 12.6. The standard InChI is InChI=1S/C22H22N4OS/c1-16-13-24-22(17-5-2-10-23-14-17)25-21(16)18-6-3-11-26(15-18)20(27)9-8-19-7-4-12-28-19/h2,4-5,7-10,12-14,18H,3,6,11,15H2,1H3. The van der Waals surface area contributed by atoms with E-state index in [2.05, 4.69) is 9.97 Å². The van der Waals surface area contributed by atoms with Gasteiger partial charge in [-0.05, 0) is 55.0 Å². The summed E-state index contributed by atoms with van der Waals surface area (Å²) in [6.07, 6.45) is 11.0. The van der Waals surface area contributed by atoms with Crippen LogP contribution in [0.15, 0.2) is 54.3 Å². The van der Waals surface area contributed by atoms with E-state index in [4.69, 9.17) is 4.98 Å². The molecular weight excluding hydrogens is 368 g/mol. The molecule has 1 fully saturated rings. The first kappa shape index (κ1) is 18.5. The van der Waals surface area contributed by atoms with E-state index in [1.54, 1.807) is 29.8 Å². The van der Waals surface area contributed by atoms with Crippen molar-refractivity contribution in [3.63, 3.8) is 0 Å². The van der Waals surface area contributed by atoms with Crippen molar-refractivity contribution in [2.75, 3.05) is 13.1 Å². The highest BCUT2D eigenvalue weighted by atomic mass is 32.1. The molecule has 3 aromatic rings. The van der Waals surface area contributed by atoms with Crippen molar-refractivity contribution in [3.8, 4) is 11.4 Å². The average Bonchev–Trinajstić information content (AvgIpc) is 3.27. The quantitative estimate of drug-likeness (QED) is 0.622. The van der Waals surface area contributed by atoms with Gasteiger partial charge in [0.15, 0.2) is 5.82 Å². The second-order valence-electron chi connectivity index (χ2n) is 6.98. The van der Waals surface area contributed by atoms with Crippen LogP contribution >= 0.6 is 11.3 Å². The molecule has 4 rings (SSSR count). The number of aromatic nitrogens is 3. The van der Waals surface area contributed by atoms with Crippen molar-refractivity contribution < 1.29 is 4.79 Å². The number of nitrogens with zero attached hydrogens (tertiary/aromatic N) is 4. The minimum Gasteiger partial charge on any atom is -0.338 e. The molecule has 0 aromatic carbocycles. The van der Waals surface area contributed by atoms with E-state index in [0.29, 0.717) is 12.4 Å². The number of pyridine rings is 1. The van der Waals surface area contributed by atoms with Gasteiger partial charge in [0.25, 0.3) is 0 Å². The third-order valence-corrected chi connectivity index (χ3v) is 5.82. The van der Waals surface area contributed by atoms with Crippen molar-refractivity contribution in [1.29, 1.82) is 0 Å². The van der Waals surface area contributed by atoms with Crippen LogP contribution in [-0.4, -0.2) is 38.8 Å². The normalized spacial score (nSPS) is 17.2. The Bertz CT molecular complexity index is 969. The van der Waals surface area contributed by atoms with Gasteiger partial charge in [0.1, 0.15) is 0 Å². The van der Waals surface area contributed by atoms with Gasteiger partial charge in [-0.3, -0.25) is 9.78 Å². The number of hydrogen-bond donors (Lipinski definition) is 0. The molecule has 0 spiro atoms. The predicted octanol–water partition coefficient (Wildman–Crippen LogP) is 4.33. The molecule has 142 valence electrons. The van der Waals surface area contributed by atoms with Gasteiger partial charge in [-0.1, -0.05) is 6.07 Å². The predicted molar refractivity (Wildman–Crippen MR) is 112 cm³/mol. The summed E-state index contributed by atoms with van der Waals surface area (Å²) >= 11 is 1.63. The molecule has 1 amide bonds. The summed E-state index contributed by atoms with van der Waals surface area (Å²) in [5.41, 5.74) is 3.01. The molecule has 1 saturated heterocycles. The van der Waals surface area contributed by atoms with E-state index in [1.807, 2.05) is 53.7 Å². The summed E-state index contributed by atoms with van der Waals surface area (Å²) in [4.78, 5) is 29.2. The fourth-order valence-corrected chi connectivity index (χ4v) is 4.17. The lowest BCUT2D eigenvalue weighted by molar-refractivity contribution is -0.127. The van der Waals surface area contributed by atoms with Gasteiger partial charge in [-0.15, -0.1) is 11.3 Å². The molecule has 0 saturated carbocycles. The molecule has 1 aliphatic rings. The molecule has 0 aliphatic carbocycles. The number of aryl methyl sites for hydroxylation is 1. The first-order valence-corrected chi connectivity index (χ1v) is 10.3. The minimum absolute atomic E-state index is 0.0669. The van der Waals surface area contributed by atoms with Crippen LogP contribution in [0.4, 0.5) is 0 Å². The Labute approximate surface area is 168 Å². The van der Waals surface area contributed by atoms with Crippen molar-refractivity contribution in [1.82, 2.24) is 19.9 Å². The molecule has 1 atom stereocenters. The number of rotatable bonds is 4. The van der Waals surface area contributed by atoms with Crippen LogP contribution in [0.25, 0.3) is 17.5 Å². The topological polar surface area (TPSA) is 59.0 Å². The van der Waals surface area contributed by atoms with Gasteiger partial charge in [-0.2, -0.15) is 0 Å². The third-order valence-electron chi connectivity index (χ3n) is 4.98. The third kappa shape index (κ3) is 4.17. The molecule has 5 nitrogen and oxygen atoms in total. The zero-order chi connectivity index (χ0) is 19.3. The number of hydrogen-bond acceptors (Lipinski definition) is 5. The zero-order valence-electron chi connectivity index (χ0n) is 15.8. The molecule has 0 bridgehead atoms. The number of amides is 1. The second kappa shape index (κ2) is 8.44. The van der Waals surface area contributed by atoms with Crippen LogP contribution in [0, 0.1) is 6.92 Å². The van der Waals surface area contributed by atoms with E-state index in [1.165, 1.54) is 0 Å². The highest BCUT2D eigenvalue weighted by Gasteiger charge is 2.26. The van der Waals surface area contributed by atoms with Crippen molar-refractivity contribution >= 4 is 23.3 Å². The summed E-state index contributed by atoms with van der Waals surface area (Å²) < 4.78 is 0. The van der Waals surface area contributed by atoms with Gasteiger partial charge in [0.2, 0.25) is 5.91 Å². The number of thiophene rings is 1. The maximum atomic E-state index is 12.6. The first-order valence-electron chi connectivity index (χ1n) is 9.45. The van der Waals surface area contributed by atoms with Crippen molar-refractivity contribution in [2.45, 2.75) is 25.7 Å². The van der Waals surface area contributed by atoms with Crippen LogP contribution in [-0.2, 0) is 4.79 Å². The molecule has 28 heavy (non-hydrogen) atoms. The smallest absolute Gasteiger partial charge is 0.246 e. The summed E-state index contributed by atoms with van der Waals surface area (Å²) in [5.74, 6) is 0.985. The fraction of sp³-hybridized carbons (Fsp3) is 0.273. The lowest BCUT2D eigenvalue weighted by atomic mass is 9.92. The Morgan fingerprint density at radius 1 is 1.29 bits per heavy atom. The number of carbonyl (C=O) groups excluding carboxylic acids is 1. The Hall–Kier alpha value is -2.86. The maximum Gasteiger partial charge on any atom is 0.246 e. The monoisotopic (exact) mass is 390 g/mol. The molecule has 1 unspecified atom stereocenters. The zero-order valence-corrected chi connectivity index (χ0v) is 16.6. The summed E-state index contributed by atoms with van der Waals surface area (Å²) in [6, 6.07) is 7.85. The molecule has 1 aliphatic heterocycles. The van der Waals surface area contributed by atoms with Crippen molar-refractivity contribution in [3.05, 3.63) is 70.4 Å². The van der Waals surface area contributed by atoms with E-state index in [0.717, 1.165) is 41.1 Å². The molecule has 4 heterocycles. The van der Waals surface area contributed by atoms with Gasteiger partial charge in [0.05, 0.1) is 5.69 Å². The lowest BCUT2D eigenvalue weighted by Gasteiger charge is -2.32. The largest absolute Gasteiger partial charge is 0.338 e. The SMILES string of the molecule is Cc1cnc(-c2cccnc2)nc1C1CCCN(C(=O)C=Cc2cccs2)C1. The number of likely N-dealkylation sites (tertiary alicyclic amines) is 1. The fourth-order valence-electron chi connectivity index (χ4n) is 3.55. The van der Waals surface area contributed by atoms with Gasteiger partial charge in [-0.25, -0.2) is 9.97 Å². The Morgan fingerprint density at radius 2 is 2.21 bits per heavy atom. The molecule has 0 radical (unpaired) electrons. The summed E-state index contributed by atoms with van der Waals surface area (Å²) in [5, 5.41) is 2.01. The highest BCUT2D eigenvalue weighted by Crippen LogP contribution is 2.29. The Morgan fingerprint density at radius 3 is 3.00 bits per heavy atom. The summed E-state index contributed by atoms with van der Waals surface area (Å²) in [7, 11) is 0. The molecule has 0 N–H and O–H groups in total. The van der Waals surface area contributed by atoms with E-state index in [9.17, 15) is 4.79 Å². The average molecular weight is 391 g/mol. The van der Waals surface area contributed by atoms with Crippen LogP contribution in [0.1, 0.15) is 34.9 Å². The van der Waals surface area contributed by atoms with Crippen LogP contribution in [0.2, 0.25) is 0 Å². The minimum atomic E-state index is 0.0669. The van der Waals surface area contributed by atoms with Crippen molar-refractivity contribution in [2.24, 2.45) is 0 Å². The summed E-state index contributed by atoms with van der Waals surface area (Å²) in [6.45, 7) is 3.53. The van der Waals surface area contributed by atoms with E-state index < -0.39 is 0 Å². The van der Waals surface area contributed by atoms with Crippen LogP contribution in [0.5, 0.6) is 0 Å². The molecule has 6 heteroatoms. The van der Waals surface area contributed by atoms with E-state index in [-0.39, 0.29) is 11.8 Å². The van der Waals surface area contributed by atoms with Crippen LogP contribution in [0.3, 0.4) is 0 Å². The lowest BCUT2D eigenvalue weighted by Crippen LogP contribution is -2.38. The molecular formula is C22H22N4OS. The Kier molecular flexibility index (Phi) is 5.58. The van der Waals surface area contributed by atoms with Gasteiger partial charge >= 0.3 is 0 Å². The first-order chi connectivity index (χ1) is 13.7. The van der Waals surface area contributed by atoms with Crippen LogP contribution < -0.4 is 0 Å². The van der Waals surface area contributed by atoms with Gasteiger partial charge in [0, 0.05) is 54.1 Å². The highest BCUT2D eigenvalue weighted by molar-refractivity contribution is 7.10. The number of carbonyl (C=O) groups is 1. The Balaban J connectivity index is 1.52. The van der Waals surface area contributed by atoms with E-state index >= 15 is 0 Å². The number of piperidine rings is 1. The molecule has 3 aromatic heterocycles. The van der Waals surface area contributed by atoms with Gasteiger partial charge < -0.3 is 4.90 Å².